The maximum Gasteiger partial charge on any atom is 0.224 e. The highest BCUT2D eigenvalue weighted by molar-refractivity contribution is 5.95. The first-order valence-corrected chi connectivity index (χ1v) is 13.7. The first-order valence-electron chi connectivity index (χ1n) is 13.7. The van der Waals surface area contributed by atoms with Crippen LogP contribution in [0.15, 0.2) is 66.9 Å². The van der Waals surface area contributed by atoms with Gasteiger partial charge in [0.15, 0.2) is 5.82 Å². The maximum atomic E-state index is 12.2. The molecule has 0 bridgehead atoms. The third-order valence-electron chi connectivity index (χ3n) is 6.67. The van der Waals surface area contributed by atoms with Crippen LogP contribution in [-0.2, 0) is 9.53 Å². The zero-order valence-electron chi connectivity index (χ0n) is 24.4. The Morgan fingerprint density at radius 1 is 0.977 bits per heavy atom. The molecule has 0 fully saturated rings. The monoisotopic (exact) mass is 625 g/mol. The van der Waals surface area contributed by atoms with Gasteiger partial charge < -0.3 is 25.0 Å². The number of aromatic amines is 1. The first kappa shape index (κ1) is 33.5. The van der Waals surface area contributed by atoms with Crippen LogP contribution in [0, 0.1) is 0 Å². The number of ether oxygens (including phenoxy) is 2. The molecule has 228 valence electrons. The molecule has 0 saturated carbocycles. The summed E-state index contributed by atoms with van der Waals surface area (Å²) in [5.74, 6) is 1.92. The zero-order valence-corrected chi connectivity index (χ0v) is 26.1. The predicted molar refractivity (Wildman–Crippen MR) is 177 cm³/mol. The lowest BCUT2D eigenvalue weighted by Crippen LogP contribution is -2.27. The minimum Gasteiger partial charge on any atom is -0.492 e. The number of fused-ring (bicyclic) bond motifs is 2. The van der Waals surface area contributed by atoms with E-state index in [4.69, 9.17) is 19.4 Å². The number of benzene rings is 3. The molecule has 2 heterocycles. The largest absolute Gasteiger partial charge is 0.492 e. The van der Waals surface area contributed by atoms with Crippen molar-refractivity contribution in [2.24, 2.45) is 0 Å². The highest BCUT2D eigenvalue weighted by atomic mass is 35.5. The lowest BCUT2D eigenvalue weighted by Gasteiger charge is -2.17. The molecule has 5 rings (SSSR count). The van der Waals surface area contributed by atoms with Crippen molar-refractivity contribution >= 4 is 69.7 Å². The molecule has 0 aliphatic heterocycles. The van der Waals surface area contributed by atoms with E-state index in [-0.39, 0.29) is 30.7 Å². The molecule has 10 nitrogen and oxygen atoms in total. The Balaban J connectivity index is 0.00000253. The van der Waals surface area contributed by atoms with Gasteiger partial charge in [-0.1, -0.05) is 19.1 Å². The van der Waals surface area contributed by atoms with Crippen molar-refractivity contribution in [2.45, 2.75) is 19.8 Å². The molecule has 0 atom stereocenters. The van der Waals surface area contributed by atoms with Crippen molar-refractivity contribution < 1.29 is 14.3 Å². The summed E-state index contributed by atoms with van der Waals surface area (Å²) in [6.45, 7) is 4.82. The molecule has 0 unspecified atom stereocenters. The molecule has 1 amide bonds. The van der Waals surface area contributed by atoms with Crippen LogP contribution in [0.5, 0.6) is 5.75 Å². The van der Waals surface area contributed by atoms with E-state index < -0.39 is 0 Å². The summed E-state index contributed by atoms with van der Waals surface area (Å²) in [5.41, 5.74) is 4.11. The summed E-state index contributed by atoms with van der Waals surface area (Å²) in [6.07, 6.45) is 3.05. The summed E-state index contributed by atoms with van der Waals surface area (Å²) >= 11 is 0. The minimum atomic E-state index is -0.0153. The number of anilines is 3. The highest BCUT2D eigenvalue weighted by Gasteiger charge is 2.13. The van der Waals surface area contributed by atoms with Crippen LogP contribution in [-0.4, -0.2) is 71.4 Å². The van der Waals surface area contributed by atoms with Gasteiger partial charge in [-0.15, -0.1) is 24.8 Å². The SMILES string of the molecule is CCCC(=O)Nc1cccc(-c2nc(Nc3ccc4[nH]ncc4c3)c3cc(OCCN(C)CCOC)ccc3n2)c1.Cl.Cl. The number of methoxy groups -OCH3 is 1. The van der Waals surface area contributed by atoms with Gasteiger partial charge in [0.1, 0.15) is 18.2 Å². The summed E-state index contributed by atoms with van der Waals surface area (Å²) in [5, 5.41) is 15.4. The van der Waals surface area contributed by atoms with Crippen LogP contribution < -0.4 is 15.4 Å². The van der Waals surface area contributed by atoms with Gasteiger partial charge in [-0.05, 0) is 62.0 Å². The standard InChI is InChI=1S/C31H35N7O3.2ClH/c1-4-6-29(39)33-23-8-5-7-21(17-23)30-35-28-12-10-25(41-16-14-38(2)13-15-40-3)19-26(28)31(36-30)34-24-9-11-27-22(18-24)20-32-37-27;;/h5,7-12,17-20H,4,6,13-16H2,1-3H3,(H,32,37)(H,33,39)(H,34,35,36);2*1H. The quantitative estimate of drug-likeness (QED) is 0.136. The lowest BCUT2D eigenvalue weighted by atomic mass is 10.1. The van der Waals surface area contributed by atoms with Crippen LogP contribution in [0.4, 0.5) is 17.2 Å². The van der Waals surface area contributed by atoms with Crippen molar-refractivity contribution in [3.05, 3.63) is 66.9 Å². The molecule has 3 N–H and O–H groups in total. The molecule has 0 spiro atoms. The number of H-pyrrole nitrogens is 1. The molecular weight excluding hydrogens is 589 g/mol. The molecule has 0 aliphatic rings. The Morgan fingerprint density at radius 2 is 1.81 bits per heavy atom. The van der Waals surface area contributed by atoms with E-state index in [9.17, 15) is 4.79 Å². The van der Waals surface area contributed by atoms with Crippen LogP contribution >= 0.6 is 24.8 Å². The Hall–Kier alpha value is -3.96. The third-order valence-corrected chi connectivity index (χ3v) is 6.67. The second-order valence-electron chi connectivity index (χ2n) is 9.90. The topological polar surface area (TPSA) is 117 Å². The molecule has 2 aromatic heterocycles. The van der Waals surface area contributed by atoms with Crippen LogP contribution in [0.25, 0.3) is 33.2 Å². The molecule has 3 aromatic carbocycles. The van der Waals surface area contributed by atoms with Crippen molar-refractivity contribution in [1.82, 2.24) is 25.1 Å². The molecule has 0 saturated heterocycles. The lowest BCUT2D eigenvalue weighted by molar-refractivity contribution is -0.116. The fourth-order valence-electron chi connectivity index (χ4n) is 4.44. The van der Waals surface area contributed by atoms with Crippen LogP contribution in [0.1, 0.15) is 19.8 Å². The van der Waals surface area contributed by atoms with Gasteiger partial charge in [-0.3, -0.25) is 9.89 Å². The second kappa shape index (κ2) is 16.0. The normalized spacial score (nSPS) is 10.8. The number of nitrogens with zero attached hydrogens (tertiary/aromatic N) is 4. The third kappa shape index (κ3) is 8.77. The van der Waals surface area contributed by atoms with Crippen molar-refractivity contribution in [2.75, 3.05) is 51.1 Å². The number of carbonyl (C=O) groups is 1. The van der Waals surface area contributed by atoms with E-state index in [0.29, 0.717) is 37.0 Å². The van der Waals surface area contributed by atoms with E-state index in [0.717, 1.165) is 58.3 Å². The van der Waals surface area contributed by atoms with E-state index in [1.54, 1.807) is 13.3 Å². The number of aromatic nitrogens is 4. The molecule has 0 aliphatic carbocycles. The predicted octanol–water partition coefficient (Wildman–Crippen LogP) is 6.46. The van der Waals surface area contributed by atoms with Gasteiger partial charge in [0.25, 0.3) is 0 Å². The van der Waals surface area contributed by atoms with Gasteiger partial charge in [0.05, 0.1) is 23.8 Å². The van der Waals surface area contributed by atoms with Crippen LogP contribution in [0.2, 0.25) is 0 Å². The summed E-state index contributed by atoms with van der Waals surface area (Å²) < 4.78 is 11.2. The van der Waals surface area contributed by atoms with Gasteiger partial charge in [0, 0.05) is 54.3 Å². The van der Waals surface area contributed by atoms with E-state index >= 15 is 0 Å². The molecule has 5 aromatic rings. The number of halogens is 2. The number of hydrogen-bond acceptors (Lipinski definition) is 8. The van der Waals surface area contributed by atoms with Gasteiger partial charge in [-0.2, -0.15) is 5.10 Å². The highest BCUT2D eigenvalue weighted by Crippen LogP contribution is 2.31. The molecule has 0 radical (unpaired) electrons. The van der Waals surface area contributed by atoms with Gasteiger partial charge >= 0.3 is 0 Å². The second-order valence-corrected chi connectivity index (χ2v) is 9.90. The summed E-state index contributed by atoms with van der Waals surface area (Å²) in [6, 6.07) is 19.4. The Labute approximate surface area is 263 Å². The smallest absolute Gasteiger partial charge is 0.224 e. The van der Waals surface area contributed by atoms with Gasteiger partial charge in [-0.25, -0.2) is 9.97 Å². The number of likely N-dealkylation sites (N-methyl/N-ethyl adjacent to an activating group) is 1. The fourth-order valence-corrected chi connectivity index (χ4v) is 4.44. The Bertz CT molecular complexity index is 1650. The number of rotatable bonds is 13. The summed E-state index contributed by atoms with van der Waals surface area (Å²) in [7, 11) is 3.75. The van der Waals surface area contributed by atoms with Crippen molar-refractivity contribution in [3.8, 4) is 17.1 Å². The molecular formula is C31H37Cl2N7O3. The van der Waals surface area contributed by atoms with E-state index in [2.05, 4.69) is 25.7 Å². The molecule has 12 heteroatoms. The fraction of sp³-hybridized carbons (Fsp3) is 0.290. The number of nitrogens with one attached hydrogen (secondary N) is 3. The Morgan fingerprint density at radius 3 is 2.63 bits per heavy atom. The van der Waals surface area contributed by atoms with Crippen molar-refractivity contribution in [1.29, 1.82) is 0 Å². The zero-order chi connectivity index (χ0) is 28.6. The maximum absolute atomic E-state index is 12.2. The average Bonchev–Trinajstić information content (AvgIpc) is 3.44. The molecule has 43 heavy (non-hydrogen) atoms. The summed E-state index contributed by atoms with van der Waals surface area (Å²) in [4.78, 5) is 24.2. The van der Waals surface area contributed by atoms with E-state index in [1.807, 2.05) is 74.6 Å². The minimum absolute atomic E-state index is 0. The number of amides is 1. The first-order chi connectivity index (χ1) is 20.0. The number of hydrogen-bond donors (Lipinski definition) is 3. The van der Waals surface area contributed by atoms with Gasteiger partial charge in [0.2, 0.25) is 5.91 Å². The average molecular weight is 627 g/mol. The van der Waals surface area contributed by atoms with Crippen molar-refractivity contribution in [3.63, 3.8) is 0 Å². The Kier molecular flexibility index (Phi) is 12.5. The van der Waals surface area contributed by atoms with Crippen LogP contribution in [0.3, 0.4) is 0 Å². The number of carbonyl (C=O) groups excluding carboxylic acids is 1. The van der Waals surface area contributed by atoms with E-state index in [1.165, 1.54) is 0 Å².